The second-order valence-corrected chi connectivity index (χ2v) is 8.79. The molecule has 3 atom stereocenters. The lowest BCUT2D eigenvalue weighted by atomic mass is 9.93. The van der Waals surface area contributed by atoms with Crippen LogP contribution in [0.1, 0.15) is 58.1 Å². The molecule has 1 fully saturated rings. The molecule has 0 radical (unpaired) electrons. The highest BCUT2D eigenvalue weighted by molar-refractivity contribution is 5.82. The van der Waals surface area contributed by atoms with E-state index in [4.69, 9.17) is 5.11 Å². The number of carboxylic acid groups (broad SMARTS) is 1. The predicted molar refractivity (Wildman–Crippen MR) is 113 cm³/mol. The van der Waals surface area contributed by atoms with Gasteiger partial charge in [-0.05, 0) is 37.2 Å². The first-order valence-electron chi connectivity index (χ1n) is 10.4. The van der Waals surface area contributed by atoms with Crippen molar-refractivity contribution in [2.75, 3.05) is 13.1 Å². The van der Waals surface area contributed by atoms with Crippen molar-refractivity contribution in [3.63, 3.8) is 0 Å². The molecule has 1 aromatic carbocycles. The topological polar surface area (TPSA) is 119 Å². The summed E-state index contributed by atoms with van der Waals surface area (Å²) in [4.78, 5) is 37.4. The Kier molecular flexibility index (Phi) is 8.23. The van der Waals surface area contributed by atoms with Gasteiger partial charge in [-0.25, -0.2) is 4.79 Å². The van der Waals surface area contributed by atoms with Crippen molar-refractivity contribution in [2.45, 2.75) is 64.6 Å². The van der Waals surface area contributed by atoms with Gasteiger partial charge < -0.3 is 25.7 Å². The van der Waals surface area contributed by atoms with E-state index in [1.807, 2.05) is 35.2 Å². The molecular weight excluding hydrogens is 386 g/mol. The van der Waals surface area contributed by atoms with Crippen molar-refractivity contribution in [2.24, 2.45) is 5.41 Å². The monoisotopic (exact) mass is 419 g/mol. The van der Waals surface area contributed by atoms with Crippen molar-refractivity contribution in [3.05, 3.63) is 35.9 Å². The number of aliphatic hydroxyl groups excluding tert-OH is 1. The molecule has 1 heterocycles. The Hall–Kier alpha value is -2.61. The first-order valence-corrected chi connectivity index (χ1v) is 10.4. The fourth-order valence-electron chi connectivity index (χ4n) is 3.83. The van der Waals surface area contributed by atoms with Gasteiger partial charge in [0.25, 0.3) is 5.91 Å². The van der Waals surface area contributed by atoms with E-state index in [1.54, 1.807) is 6.92 Å². The highest BCUT2D eigenvalue weighted by Gasteiger charge is 2.35. The van der Waals surface area contributed by atoms with Gasteiger partial charge in [-0.1, -0.05) is 44.2 Å². The summed E-state index contributed by atoms with van der Waals surface area (Å²) in [5.41, 5.74) is 0.868. The van der Waals surface area contributed by atoms with E-state index in [0.717, 1.165) is 5.56 Å². The normalized spacial score (nSPS) is 18.5. The zero-order chi connectivity index (χ0) is 22.3. The van der Waals surface area contributed by atoms with Crippen molar-refractivity contribution in [1.29, 1.82) is 0 Å². The van der Waals surface area contributed by atoms with E-state index in [-0.39, 0.29) is 17.4 Å². The molecule has 8 heteroatoms. The van der Waals surface area contributed by atoms with Crippen LogP contribution >= 0.6 is 0 Å². The van der Waals surface area contributed by atoms with Gasteiger partial charge in [0, 0.05) is 19.5 Å². The molecule has 166 valence electrons. The van der Waals surface area contributed by atoms with Crippen LogP contribution < -0.4 is 10.6 Å². The van der Waals surface area contributed by atoms with Crippen LogP contribution in [0.4, 0.5) is 4.79 Å². The Bertz CT molecular complexity index is 738. The zero-order valence-electron chi connectivity index (χ0n) is 17.9. The summed E-state index contributed by atoms with van der Waals surface area (Å²) in [6, 6.07) is 8.08. The molecule has 1 saturated heterocycles. The van der Waals surface area contributed by atoms with Crippen LogP contribution in [0.3, 0.4) is 0 Å². The Morgan fingerprint density at radius 1 is 1.17 bits per heavy atom. The van der Waals surface area contributed by atoms with Crippen molar-refractivity contribution < 1.29 is 24.6 Å². The number of unbranched alkanes of at least 4 members (excludes halogenated alkanes) is 1. The molecule has 0 bridgehead atoms. The van der Waals surface area contributed by atoms with Gasteiger partial charge in [0.1, 0.15) is 0 Å². The average Bonchev–Trinajstić information content (AvgIpc) is 2.95. The Balaban J connectivity index is 1.85. The molecule has 4 N–H and O–H groups in total. The number of hydrogen-bond donors (Lipinski definition) is 4. The summed E-state index contributed by atoms with van der Waals surface area (Å²) in [6.45, 7) is 7.22. The molecule has 8 nitrogen and oxygen atoms in total. The molecular formula is C22H33N3O5. The van der Waals surface area contributed by atoms with E-state index in [1.165, 1.54) is 0 Å². The summed E-state index contributed by atoms with van der Waals surface area (Å²) >= 11 is 0. The van der Waals surface area contributed by atoms with Crippen LogP contribution in [0.25, 0.3) is 0 Å². The van der Waals surface area contributed by atoms with E-state index in [2.05, 4.69) is 24.5 Å². The van der Waals surface area contributed by atoms with Crippen molar-refractivity contribution >= 4 is 17.9 Å². The molecule has 2 rings (SSSR count). The first kappa shape index (κ1) is 23.7. The molecule has 30 heavy (non-hydrogen) atoms. The maximum atomic E-state index is 12.5. The van der Waals surface area contributed by atoms with Crippen LogP contribution in [-0.2, 0) is 9.59 Å². The molecule has 1 unspecified atom stereocenters. The van der Waals surface area contributed by atoms with Gasteiger partial charge in [-0.15, -0.1) is 0 Å². The van der Waals surface area contributed by atoms with Crippen molar-refractivity contribution in [3.8, 4) is 0 Å². The fraction of sp³-hybridized carbons (Fsp3) is 0.591. The van der Waals surface area contributed by atoms with Crippen LogP contribution in [0.2, 0.25) is 0 Å². The highest BCUT2D eigenvalue weighted by Crippen LogP contribution is 2.30. The number of aliphatic hydroxyl groups is 1. The van der Waals surface area contributed by atoms with Crippen LogP contribution in [0.15, 0.2) is 30.3 Å². The summed E-state index contributed by atoms with van der Waals surface area (Å²) in [5, 5.41) is 24.5. The average molecular weight is 420 g/mol. The number of benzene rings is 1. The third-order valence-electron chi connectivity index (χ3n) is 5.41. The number of likely N-dealkylation sites (tertiary alicyclic amines) is 1. The number of nitrogens with zero attached hydrogens (tertiary/aromatic N) is 1. The van der Waals surface area contributed by atoms with Crippen LogP contribution in [0.5, 0.6) is 0 Å². The lowest BCUT2D eigenvalue weighted by molar-refractivity contribution is -0.131. The Morgan fingerprint density at radius 2 is 1.83 bits per heavy atom. The molecule has 1 aromatic rings. The molecule has 0 aliphatic carbocycles. The molecule has 1 aliphatic heterocycles. The Morgan fingerprint density at radius 3 is 2.40 bits per heavy atom. The van der Waals surface area contributed by atoms with Crippen LogP contribution in [0, 0.1) is 5.41 Å². The maximum Gasteiger partial charge on any atom is 0.404 e. The third-order valence-corrected chi connectivity index (χ3v) is 5.41. The van der Waals surface area contributed by atoms with Gasteiger partial charge in [0.2, 0.25) is 5.91 Å². The summed E-state index contributed by atoms with van der Waals surface area (Å²) < 4.78 is 0. The van der Waals surface area contributed by atoms with Gasteiger partial charge in [0.15, 0.2) is 6.10 Å². The van der Waals surface area contributed by atoms with E-state index < -0.39 is 24.1 Å². The number of carbonyl (C=O) groups excluding carboxylic acids is 2. The first-order chi connectivity index (χ1) is 14.1. The smallest absolute Gasteiger partial charge is 0.404 e. The lowest BCUT2D eigenvalue weighted by Gasteiger charge is -2.25. The van der Waals surface area contributed by atoms with Gasteiger partial charge in [0.05, 0.1) is 12.1 Å². The molecule has 0 saturated carbocycles. The summed E-state index contributed by atoms with van der Waals surface area (Å²) in [7, 11) is 0. The van der Waals surface area contributed by atoms with Gasteiger partial charge in [-0.3, -0.25) is 9.59 Å². The quantitative estimate of drug-likeness (QED) is 0.434. The molecule has 3 amide bonds. The number of nitrogens with one attached hydrogen (secondary N) is 2. The summed E-state index contributed by atoms with van der Waals surface area (Å²) in [5.74, 6) is -0.490. The second-order valence-electron chi connectivity index (χ2n) is 8.79. The number of rotatable bonds is 10. The van der Waals surface area contributed by atoms with E-state index in [0.29, 0.717) is 38.8 Å². The largest absolute Gasteiger partial charge is 0.465 e. The standard InChI is InChI=1S/C22H33N3O5/c1-15(16-9-5-4-6-10-16)23-20(28)19(27)17(24-21(29)30)11-7-8-12-25-14-22(2,3)13-18(25)26/h4-6,9-10,15,17,19,24,27H,7-8,11-14H2,1-3H3,(H,23,28)(H,29,30)/t15-,17+,19?/m1/s1. The Labute approximate surface area is 177 Å². The number of amides is 3. The maximum absolute atomic E-state index is 12.5. The second kappa shape index (κ2) is 10.4. The highest BCUT2D eigenvalue weighted by atomic mass is 16.4. The summed E-state index contributed by atoms with van der Waals surface area (Å²) in [6.07, 6.45) is -0.706. The molecule has 0 spiro atoms. The predicted octanol–water partition coefficient (Wildman–Crippen LogP) is 2.29. The zero-order valence-corrected chi connectivity index (χ0v) is 17.9. The minimum Gasteiger partial charge on any atom is -0.465 e. The van der Waals surface area contributed by atoms with E-state index in [9.17, 15) is 19.5 Å². The fourth-order valence-corrected chi connectivity index (χ4v) is 3.83. The SMILES string of the molecule is C[C@@H](NC(=O)C(O)[C@H](CCCCN1CC(C)(C)CC1=O)NC(=O)O)c1ccccc1. The van der Waals surface area contributed by atoms with Crippen LogP contribution in [-0.4, -0.2) is 58.3 Å². The molecule has 0 aromatic heterocycles. The lowest BCUT2D eigenvalue weighted by Crippen LogP contribution is -2.50. The minimum atomic E-state index is -1.50. The van der Waals surface area contributed by atoms with Crippen molar-refractivity contribution in [1.82, 2.24) is 15.5 Å². The minimum absolute atomic E-state index is 0.0196. The van der Waals surface area contributed by atoms with Gasteiger partial charge in [-0.2, -0.15) is 0 Å². The molecule has 1 aliphatic rings. The van der Waals surface area contributed by atoms with Gasteiger partial charge >= 0.3 is 6.09 Å². The number of hydrogen-bond acceptors (Lipinski definition) is 4. The van der Waals surface area contributed by atoms with E-state index >= 15 is 0 Å². The number of carbonyl (C=O) groups is 3. The third kappa shape index (κ3) is 7.02.